The molecule has 0 saturated heterocycles. The standard InChI is InChI=1S/C22H19ClN4O2/c23-16-8-4-14(5-9-16)12-29-17-10-6-15(7-11-17)21-20-18(2-1-3-19(20)28)26-22-24-13-25-27(21)22/h4-11,13,21H,1-3,12H2,(H,24,25,26). The summed E-state index contributed by atoms with van der Waals surface area (Å²) < 4.78 is 7.67. The Morgan fingerprint density at radius 3 is 2.69 bits per heavy atom. The highest BCUT2D eigenvalue weighted by Gasteiger charge is 2.35. The second-order valence-electron chi connectivity index (χ2n) is 7.21. The number of allylic oxidation sites excluding steroid dienone is 2. The number of nitrogens with zero attached hydrogens (tertiary/aromatic N) is 3. The Bertz CT molecular complexity index is 1090. The van der Waals surface area contributed by atoms with E-state index in [2.05, 4.69) is 15.4 Å². The Labute approximate surface area is 173 Å². The average molecular weight is 407 g/mol. The fourth-order valence-electron chi connectivity index (χ4n) is 3.90. The summed E-state index contributed by atoms with van der Waals surface area (Å²) in [7, 11) is 0. The number of ether oxygens (including phenoxy) is 1. The normalized spacial score (nSPS) is 18.1. The molecule has 2 aliphatic rings. The number of aromatic nitrogens is 3. The molecule has 7 heteroatoms. The zero-order valence-electron chi connectivity index (χ0n) is 15.6. The van der Waals surface area contributed by atoms with Crippen molar-refractivity contribution in [3.8, 4) is 5.75 Å². The zero-order valence-corrected chi connectivity index (χ0v) is 16.4. The van der Waals surface area contributed by atoms with Crippen LogP contribution in [0.15, 0.2) is 66.1 Å². The maximum absolute atomic E-state index is 12.7. The van der Waals surface area contributed by atoms with E-state index in [1.165, 1.54) is 6.33 Å². The Morgan fingerprint density at radius 1 is 1.10 bits per heavy atom. The van der Waals surface area contributed by atoms with Gasteiger partial charge in [-0.15, -0.1) is 0 Å². The fraction of sp³-hybridized carbons (Fsp3) is 0.227. The van der Waals surface area contributed by atoms with E-state index in [9.17, 15) is 4.79 Å². The largest absolute Gasteiger partial charge is 0.489 e. The van der Waals surface area contributed by atoms with Gasteiger partial charge in [-0.25, -0.2) is 4.68 Å². The van der Waals surface area contributed by atoms with Crippen molar-refractivity contribution < 1.29 is 9.53 Å². The van der Waals surface area contributed by atoms with Gasteiger partial charge in [0.1, 0.15) is 24.7 Å². The lowest BCUT2D eigenvalue weighted by atomic mass is 9.85. The molecule has 0 saturated carbocycles. The van der Waals surface area contributed by atoms with Crippen LogP contribution in [0.4, 0.5) is 5.95 Å². The lowest BCUT2D eigenvalue weighted by molar-refractivity contribution is -0.116. The van der Waals surface area contributed by atoms with Gasteiger partial charge in [0, 0.05) is 22.7 Å². The molecule has 1 aliphatic carbocycles. The molecule has 2 aromatic carbocycles. The molecule has 29 heavy (non-hydrogen) atoms. The number of carbonyl (C=O) groups excluding carboxylic acids is 1. The molecule has 146 valence electrons. The van der Waals surface area contributed by atoms with Gasteiger partial charge in [0.05, 0.1) is 0 Å². The van der Waals surface area contributed by atoms with Crippen LogP contribution in [0.3, 0.4) is 0 Å². The predicted molar refractivity (Wildman–Crippen MR) is 110 cm³/mol. The number of ketones is 1. The van der Waals surface area contributed by atoms with Gasteiger partial charge in [-0.1, -0.05) is 35.9 Å². The maximum Gasteiger partial charge on any atom is 0.226 e. The van der Waals surface area contributed by atoms with Crippen molar-refractivity contribution in [2.75, 3.05) is 5.32 Å². The van der Waals surface area contributed by atoms with Gasteiger partial charge in [-0.05, 0) is 48.2 Å². The first-order valence-corrected chi connectivity index (χ1v) is 9.97. The summed E-state index contributed by atoms with van der Waals surface area (Å²) in [5, 5.41) is 8.34. The van der Waals surface area contributed by atoms with Gasteiger partial charge in [0.2, 0.25) is 5.95 Å². The first-order valence-electron chi connectivity index (χ1n) is 9.59. The molecule has 0 bridgehead atoms. The Kier molecular flexibility index (Phi) is 4.56. The van der Waals surface area contributed by atoms with Gasteiger partial charge in [0.25, 0.3) is 0 Å². The summed E-state index contributed by atoms with van der Waals surface area (Å²) in [6, 6.07) is 15.2. The summed E-state index contributed by atoms with van der Waals surface area (Å²) in [5.74, 6) is 1.61. The zero-order chi connectivity index (χ0) is 19.8. The van der Waals surface area contributed by atoms with Crippen molar-refractivity contribution in [1.29, 1.82) is 0 Å². The number of nitrogens with one attached hydrogen (secondary N) is 1. The Hall–Kier alpha value is -3.12. The number of hydrogen-bond donors (Lipinski definition) is 1. The monoisotopic (exact) mass is 406 g/mol. The van der Waals surface area contributed by atoms with E-state index >= 15 is 0 Å². The van der Waals surface area contributed by atoms with Crippen LogP contribution in [-0.4, -0.2) is 20.5 Å². The third kappa shape index (κ3) is 3.40. The minimum atomic E-state index is -0.262. The van der Waals surface area contributed by atoms with Crippen molar-refractivity contribution in [2.24, 2.45) is 0 Å². The Morgan fingerprint density at radius 2 is 1.90 bits per heavy atom. The molecule has 0 radical (unpaired) electrons. The van der Waals surface area contributed by atoms with Crippen molar-refractivity contribution >= 4 is 23.3 Å². The number of rotatable bonds is 4. The molecular weight excluding hydrogens is 388 g/mol. The summed E-state index contributed by atoms with van der Waals surface area (Å²) in [6.45, 7) is 0.463. The van der Waals surface area contributed by atoms with Gasteiger partial charge in [-0.3, -0.25) is 4.79 Å². The summed E-state index contributed by atoms with van der Waals surface area (Å²) in [6.07, 6.45) is 3.81. The first-order chi connectivity index (χ1) is 14.2. The minimum absolute atomic E-state index is 0.174. The number of benzene rings is 2. The average Bonchev–Trinajstić information content (AvgIpc) is 3.21. The molecular formula is C22H19ClN4O2. The number of hydrogen-bond acceptors (Lipinski definition) is 5. The number of fused-ring (bicyclic) bond motifs is 1. The van der Waals surface area contributed by atoms with Gasteiger partial charge in [0.15, 0.2) is 5.78 Å². The van der Waals surface area contributed by atoms with E-state index in [1.807, 2.05) is 48.5 Å². The second-order valence-corrected chi connectivity index (χ2v) is 7.65. The second kappa shape index (κ2) is 7.37. The number of Topliss-reactive ketones (excluding diaryl/α,β-unsaturated/α-hetero) is 1. The molecule has 0 amide bonds. The van der Waals surface area contributed by atoms with E-state index in [4.69, 9.17) is 16.3 Å². The molecule has 6 nitrogen and oxygen atoms in total. The van der Waals surface area contributed by atoms with Crippen LogP contribution in [-0.2, 0) is 11.4 Å². The molecule has 1 unspecified atom stereocenters. The smallest absolute Gasteiger partial charge is 0.226 e. The molecule has 0 fully saturated rings. The summed E-state index contributed by atoms with van der Waals surface area (Å²) in [5.41, 5.74) is 3.80. The highest BCUT2D eigenvalue weighted by atomic mass is 35.5. The maximum atomic E-state index is 12.7. The quantitative estimate of drug-likeness (QED) is 0.689. The van der Waals surface area contributed by atoms with Crippen LogP contribution < -0.4 is 10.1 Å². The van der Waals surface area contributed by atoms with E-state index in [1.54, 1.807) is 4.68 Å². The molecule has 5 rings (SSSR count). The van der Waals surface area contributed by atoms with Crippen molar-refractivity contribution in [3.63, 3.8) is 0 Å². The lowest BCUT2D eigenvalue weighted by Crippen LogP contribution is -2.31. The fourth-order valence-corrected chi connectivity index (χ4v) is 4.02. The number of halogens is 1. The van der Waals surface area contributed by atoms with Crippen molar-refractivity contribution in [1.82, 2.24) is 14.8 Å². The van der Waals surface area contributed by atoms with E-state index in [-0.39, 0.29) is 11.8 Å². The molecule has 1 aromatic heterocycles. The van der Waals surface area contributed by atoms with Gasteiger partial charge < -0.3 is 10.1 Å². The summed E-state index contributed by atoms with van der Waals surface area (Å²) >= 11 is 5.92. The SMILES string of the molecule is O=C1CCCC2=C1C(c1ccc(OCc3ccc(Cl)cc3)cc1)n1ncnc1N2. The van der Waals surface area contributed by atoms with E-state index in [0.717, 1.165) is 41.0 Å². The molecule has 1 atom stereocenters. The van der Waals surface area contributed by atoms with Crippen LogP contribution in [0.25, 0.3) is 0 Å². The van der Waals surface area contributed by atoms with Crippen LogP contribution in [0.5, 0.6) is 5.75 Å². The molecule has 2 heterocycles. The van der Waals surface area contributed by atoms with E-state index < -0.39 is 0 Å². The topological polar surface area (TPSA) is 69.0 Å². The third-order valence-electron chi connectivity index (χ3n) is 5.32. The summed E-state index contributed by atoms with van der Waals surface area (Å²) in [4.78, 5) is 17.0. The van der Waals surface area contributed by atoms with Crippen LogP contribution >= 0.6 is 11.6 Å². The molecule has 1 N–H and O–H groups in total. The minimum Gasteiger partial charge on any atom is -0.489 e. The van der Waals surface area contributed by atoms with Gasteiger partial charge in [-0.2, -0.15) is 10.1 Å². The number of anilines is 1. The lowest BCUT2D eigenvalue weighted by Gasteiger charge is -2.32. The third-order valence-corrected chi connectivity index (χ3v) is 5.58. The molecule has 0 spiro atoms. The molecule has 3 aromatic rings. The number of carbonyl (C=O) groups is 1. The highest BCUT2D eigenvalue weighted by Crippen LogP contribution is 2.39. The first kappa shape index (κ1) is 17.9. The van der Waals surface area contributed by atoms with Crippen LogP contribution in [0, 0.1) is 0 Å². The predicted octanol–water partition coefficient (Wildman–Crippen LogP) is 4.53. The molecule has 1 aliphatic heterocycles. The van der Waals surface area contributed by atoms with Crippen molar-refractivity contribution in [2.45, 2.75) is 31.9 Å². The van der Waals surface area contributed by atoms with Gasteiger partial charge >= 0.3 is 0 Å². The van der Waals surface area contributed by atoms with E-state index in [0.29, 0.717) is 24.0 Å². The van der Waals surface area contributed by atoms with Crippen LogP contribution in [0.1, 0.15) is 36.4 Å². The Balaban J connectivity index is 1.41. The highest BCUT2D eigenvalue weighted by molar-refractivity contribution is 6.30. The van der Waals surface area contributed by atoms with Crippen molar-refractivity contribution in [3.05, 3.63) is 82.3 Å². The van der Waals surface area contributed by atoms with Crippen LogP contribution in [0.2, 0.25) is 5.02 Å².